The van der Waals surface area contributed by atoms with Crippen molar-refractivity contribution in [2.75, 3.05) is 6.54 Å². The Kier molecular flexibility index (Phi) is 3.64. The van der Waals surface area contributed by atoms with E-state index < -0.39 is 11.3 Å². The molecule has 0 aliphatic rings. The zero-order valence-corrected chi connectivity index (χ0v) is 5.48. The lowest BCUT2D eigenvalue weighted by Gasteiger charge is -2.01. The van der Waals surface area contributed by atoms with Crippen LogP contribution in [0.5, 0.6) is 0 Å². The minimum atomic E-state index is -0.494. The Balaban J connectivity index is 3.05. The number of nitrogens with one attached hydrogen (secondary N) is 1. The molecule has 0 unspecified atom stereocenters. The third kappa shape index (κ3) is 5.78. The summed E-state index contributed by atoms with van der Waals surface area (Å²) < 4.78 is 0. The van der Waals surface area contributed by atoms with Crippen molar-refractivity contribution in [3.63, 3.8) is 0 Å². The number of carbonyl (C=O) groups excluding carboxylic acids is 1. The second-order valence-corrected chi connectivity index (χ2v) is 1.94. The van der Waals surface area contributed by atoms with Crippen LogP contribution in [0.1, 0.15) is 6.92 Å². The highest BCUT2D eigenvalue weighted by atomic mass is 32.1. The van der Waals surface area contributed by atoms with E-state index >= 15 is 0 Å². The van der Waals surface area contributed by atoms with Gasteiger partial charge in [0, 0.05) is 6.54 Å². The molecule has 0 spiro atoms. The van der Waals surface area contributed by atoms with Crippen molar-refractivity contribution in [1.82, 2.24) is 5.32 Å². The van der Waals surface area contributed by atoms with E-state index in [4.69, 9.17) is 5.11 Å². The van der Waals surface area contributed by atoms with Gasteiger partial charge in [0.1, 0.15) is 0 Å². The summed E-state index contributed by atoms with van der Waals surface area (Å²) in [5.41, 5.74) is 0. The Morgan fingerprint density at radius 3 is 2.62 bits per heavy atom. The van der Waals surface area contributed by atoms with Crippen molar-refractivity contribution < 1.29 is 9.90 Å². The van der Waals surface area contributed by atoms with E-state index in [-0.39, 0.29) is 6.54 Å². The van der Waals surface area contributed by atoms with Crippen LogP contribution in [0.15, 0.2) is 0 Å². The largest absolute Gasteiger partial charge is 0.392 e. The predicted molar refractivity (Wildman–Crippen MR) is 34.1 cm³/mol. The molecule has 3 nitrogen and oxygen atoms in total. The summed E-state index contributed by atoms with van der Waals surface area (Å²) in [5.74, 6) is 0. The molecule has 1 amide bonds. The first-order valence-electron chi connectivity index (χ1n) is 2.28. The monoisotopic (exact) mass is 135 g/mol. The van der Waals surface area contributed by atoms with Crippen molar-refractivity contribution in [3.05, 3.63) is 0 Å². The molecule has 0 aromatic rings. The highest BCUT2D eigenvalue weighted by Gasteiger charge is 1.94. The first-order valence-corrected chi connectivity index (χ1v) is 2.72. The van der Waals surface area contributed by atoms with E-state index in [1.165, 1.54) is 0 Å². The first-order chi connectivity index (χ1) is 3.63. The topological polar surface area (TPSA) is 49.3 Å². The van der Waals surface area contributed by atoms with Gasteiger partial charge in [-0.25, -0.2) is 0 Å². The van der Waals surface area contributed by atoms with Gasteiger partial charge >= 0.3 is 0 Å². The van der Waals surface area contributed by atoms with Crippen LogP contribution in [0.2, 0.25) is 0 Å². The van der Waals surface area contributed by atoms with Gasteiger partial charge in [0.05, 0.1) is 6.10 Å². The fourth-order valence-corrected chi connectivity index (χ4v) is 0.326. The van der Waals surface area contributed by atoms with Crippen LogP contribution in [0.25, 0.3) is 0 Å². The third-order valence-electron chi connectivity index (χ3n) is 0.549. The summed E-state index contributed by atoms with van der Waals surface area (Å²) in [5, 5.41) is 10.5. The molecule has 0 aromatic carbocycles. The van der Waals surface area contributed by atoms with Crippen molar-refractivity contribution in [3.8, 4) is 0 Å². The Bertz CT molecular complexity index is 84.1. The Morgan fingerprint density at radius 2 is 2.50 bits per heavy atom. The highest BCUT2D eigenvalue weighted by Crippen LogP contribution is 1.78. The number of carbonyl (C=O) groups is 1. The number of rotatable bonds is 2. The Labute approximate surface area is 53.5 Å². The van der Waals surface area contributed by atoms with Crippen LogP contribution < -0.4 is 5.32 Å². The summed E-state index contributed by atoms with van der Waals surface area (Å²) in [6.45, 7) is 1.85. The lowest BCUT2D eigenvalue weighted by Crippen LogP contribution is -2.26. The molecule has 0 rings (SSSR count). The first kappa shape index (κ1) is 7.78. The van der Waals surface area contributed by atoms with E-state index in [1.807, 2.05) is 0 Å². The predicted octanol–water partition coefficient (Wildman–Crippen LogP) is 0.00660. The molecular formula is C4H9NO2S. The summed E-state index contributed by atoms with van der Waals surface area (Å²) in [6, 6.07) is 0. The average molecular weight is 135 g/mol. The minimum Gasteiger partial charge on any atom is -0.392 e. The van der Waals surface area contributed by atoms with Gasteiger partial charge in [0.25, 0.3) is 5.24 Å². The smallest absolute Gasteiger partial charge is 0.276 e. The molecule has 0 bridgehead atoms. The quantitative estimate of drug-likeness (QED) is 0.467. The lowest BCUT2D eigenvalue weighted by molar-refractivity contribution is 0.192. The van der Waals surface area contributed by atoms with Gasteiger partial charge in [-0.1, -0.05) is 12.6 Å². The van der Waals surface area contributed by atoms with Crippen LogP contribution in [0.4, 0.5) is 4.79 Å². The normalized spacial score (nSPS) is 12.9. The SMILES string of the molecule is C[C@H](O)CNC(=O)S. The number of hydrogen-bond acceptors (Lipinski definition) is 2. The van der Waals surface area contributed by atoms with Crippen molar-refractivity contribution in [2.45, 2.75) is 13.0 Å². The van der Waals surface area contributed by atoms with Crippen LogP contribution in [0.3, 0.4) is 0 Å². The van der Waals surface area contributed by atoms with E-state index in [2.05, 4.69) is 17.9 Å². The standard InChI is InChI=1S/C4H9NO2S/c1-3(6)2-5-4(7)8/h3,6H,2H2,1H3,(H2,5,7,8)/t3-/m0/s1. The van der Waals surface area contributed by atoms with Gasteiger partial charge in [-0.3, -0.25) is 4.79 Å². The molecule has 1 atom stereocenters. The molecule has 4 heteroatoms. The number of amides is 1. The number of hydrogen-bond donors (Lipinski definition) is 3. The van der Waals surface area contributed by atoms with E-state index in [9.17, 15) is 4.79 Å². The molecule has 8 heavy (non-hydrogen) atoms. The lowest BCUT2D eigenvalue weighted by atomic mass is 10.4. The van der Waals surface area contributed by atoms with Crippen molar-refractivity contribution >= 4 is 17.9 Å². The molecule has 0 aliphatic carbocycles. The third-order valence-corrected chi connectivity index (χ3v) is 0.707. The van der Waals surface area contributed by atoms with Gasteiger partial charge < -0.3 is 10.4 Å². The maximum atomic E-state index is 9.99. The van der Waals surface area contributed by atoms with Crippen LogP contribution in [-0.2, 0) is 0 Å². The van der Waals surface area contributed by atoms with Gasteiger partial charge in [0.2, 0.25) is 0 Å². The second kappa shape index (κ2) is 3.74. The van der Waals surface area contributed by atoms with E-state index in [0.29, 0.717) is 0 Å². The highest BCUT2D eigenvalue weighted by molar-refractivity contribution is 7.96. The van der Waals surface area contributed by atoms with Gasteiger partial charge in [0.15, 0.2) is 0 Å². The summed E-state index contributed by atoms with van der Waals surface area (Å²) >= 11 is 3.41. The van der Waals surface area contributed by atoms with Crippen LogP contribution in [-0.4, -0.2) is 23.0 Å². The fraction of sp³-hybridized carbons (Fsp3) is 0.750. The van der Waals surface area contributed by atoms with Crippen molar-refractivity contribution in [1.29, 1.82) is 0 Å². The van der Waals surface area contributed by atoms with E-state index in [0.717, 1.165) is 0 Å². The molecule has 0 aromatic heterocycles. The maximum absolute atomic E-state index is 9.99. The van der Waals surface area contributed by atoms with Crippen LogP contribution in [0, 0.1) is 0 Å². The fourth-order valence-electron chi connectivity index (χ4n) is 0.235. The number of aliphatic hydroxyl groups is 1. The number of aliphatic hydroxyl groups excluding tert-OH is 1. The molecule has 48 valence electrons. The molecular weight excluding hydrogens is 126 g/mol. The van der Waals surface area contributed by atoms with Crippen LogP contribution >= 0.6 is 12.6 Å². The Morgan fingerprint density at radius 1 is 2.00 bits per heavy atom. The summed E-state index contributed by atoms with van der Waals surface area (Å²) in [7, 11) is 0. The molecule has 0 heterocycles. The van der Waals surface area contributed by atoms with Crippen molar-refractivity contribution in [2.24, 2.45) is 0 Å². The second-order valence-electron chi connectivity index (χ2n) is 1.54. The summed E-state index contributed by atoms with van der Waals surface area (Å²) in [6.07, 6.45) is -0.494. The molecule has 0 aliphatic heterocycles. The van der Waals surface area contributed by atoms with Gasteiger partial charge in [-0.05, 0) is 6.92 Å². The molecule has 0 radical (unpaired) electrons. The summed E-state index contributed by atoms with van der Waals surface area (Å²) in [4.78, 5) is 9.99. The molecule has 0 saturated heterocycles. The maximum Gasteiger partial charge on any atom is 0.276 e. The van der Waals surface area contributed by atoms with Gasteiger partial charge in [-0.2, -0.15) is 0 Å². The zero-order valence-electron chi connectivity index (χ0n) is 4.59. The average Bonchev–Trinajstić information content (AvgIpc) is 1.61. The van der Waals surface area contributed by atoms with Gasteiger partial charge in [-0.15, -0.1) is 0 Å². The molecule has 0 saturated carbocycles. The minimum absolute atomic E-state index is 0.266. The Hall–Kier alpha value is -0.220. The number of thiol groups is 1. The van der Waals surface area contributed by atoms with E-state index in [1.54, 1.807) is 6.92 Å². The zero-order chi connectivity index (χ0) is 6.57. The molecule has 0 fully saturated rings. The molecule has 2 N–H and O–H groups in total.